The number of ether oxygens (including phenoxy) is 1. The largest absolute Gasteiger partial charge is 0.497 e. The Morgan fingerprint density at radius 3 is 2.68 bits per heavy atom. The van der Waals surface area contributed by atoms with E-state index in [0.717, 1.165) is 18.7 Å². The lowest BCUT2D eigenvalue weighted by Gasteiger charge is -2.04. The predicted octanol–water partition coefficient (Wildman–Crippen LogP) is 1.52. The number of hydrogen-bond acceptors (Lipinski definition) is 5. The van der Waals surface area contributed by atoms with Crippen molar-refractivity contribution < 1.29 is 9.53 Å². The highest BCUT2D eigenvalue weighted by Crippen LogP contribution is 2.13. The minimum Gasteiger partial charge on any atom is -0.497 e. The molecule has 2 aromatic rings. The molecule has 1 aromatic carbocycles. The van der Waals surface area contributed by atoms with Crippen LogP contribution in [0.25, 0.3) is 0 Å². The maximum Gasteiger partial charge on any atom is 0.170 e. The molecule has 0 bridgehead atoms. The molecule has 0 saturated heterocycles. The van der Waals surface area contributed by atoms with E-state index < -0.39 is 0 Å². The fraction of sp³-hybridized carbons (Fsp3) is 0.385. The molecule has 0 N–H and O–H groups in total. The Morgan fingerprint density at radius 1 is 1.32 bits per heavy atom. The lowest BCUT2D eigenvalue weighted by molar-refractivity contribution is 0.0989. The predicted molar refractivity (Wildman–Crippen MR) is 69.1 cm³/mol. The van der Waals surface area contributed by atoms with Crippen LogP contribution in [0.1, 0.15) is 29.5 Å². The van der Waals surface area contributed by atoms with Crippen LogP contribution in [0, 0.1) is 0 Å². The fourth-order valence-electron chi connectivity index (χ4n) is 1.76. The number of aromatic nitrogens is 4. The highest BCUT2D eigenvalue weighted by molar-refractivity contribution is 5.97. The molecule has 0 fully saturated rings. The molecule has 0 aliphatic carbocycles. The first-order valence-corrected chi connectivity index (χ1v) is 6.17. The average molecular weight is 260 g/mol. The molecule has 19 heavy (non-hydrogen) atoms. The van der Waals surface area contributed by atoms with Crippen molar-refractivity contribution in [3.63, 3.8) is 0 Å². The second-order valence-corrected chi connectivity index (χ2v) is 4.15. The maximum absolute atomic E-state index is 12.1. The van der Waals surface area contributed by atoms with Crippen molar-refractivity contribution in [1.29, 1.82) is 0 Å². The second kappa shape index (κ2) is 6.08. The molecule has 6 nitrogen and oxygen atoms in total. The molecule has 0 amide bonds. The zero-order valence-corrected chi connectivity index (χ0v) is 11.0. The molecule has 0 saturated carbocycles. The van der Waals surface area contributed by atoms with Crippen LogP contribution < -0.4 is 4.74 Å². The van der Waals surface area contributed by atoms with E-state index in [2.05, 4.69) is 15.5 Å². The van der Waals surface area contributed by atoms with Crippen molar-refractivity contribution in [1.82, 2.24) is 20.2 Å². The highest BCUT2D eigenvalue weighted by Gasteiger charge is 2.12. The summed E-state index contributed by atoms with van der Waals surface area (Å²) in [7, 11) is 1.59. The first-order valence-electron chi connectivity index (χ1n) is 6.17. The molecule has 100 valence electrons. The van der Waals surface area contributed by atoms with E-state index in [4.69, 9.17) is 4.74 Å². The summed E-state index contributed by atoms with van der Waals surface area (Å²) in [5.41, 5.74) is 0.631. The van der Waals surface area contributed by atoms with Crippen LogP contribution in [0.3, 0.4) is 0 Å². The van der Waals surface area contributed by atoms with Crippen molar-refractivity contribution >= 4 is 5.78 Å². The summed E-state index contributed by atoms with van der Waals surface area (Å²) < 4.78 is 6.73. The van der Waals surface area contributed by atoms with Gasteiger partial charge in [0.1, 0.15) is 5.75 Å². The van der Waals surface area contributed by atoms with Crippen molar-refractivity contribution in [3.05, 3.63) is 35.7 Å². The van der Waals surface area contributed by atoms with Crippen LogP contribution >= 0.6 is 0 Å². The van der Waals surface area contributed by atoms with E-state index in [-0.39, 0.29) is 12.2 Å². The van der Waals surface area contributed by atoms with Gasteiger partial charge in [-0.15, -0.1) is 5.10 Å². The van der Waals surface area contributed by atoms with Gasteiger partial charge >= 0.3 is 0 Å². The van der Waals surface area contributed by atoms with Gasteiger partial charge in [0.25, 0.3) is 0 Å². The summed E-state index contributed by atoms with van der Waals surface area (Å²) in [5.74, 6) is 1.32. The van der Waals surface area contributed by atoms with E-state index >= 15 is 0 Å². The maximum atomic E-state index is 12.1. The van der Waals surface area contributed by atoms with Gasteiger partial charge < -0.3 is 4.74 Å². The topological polar surface area (TPSA) is 69.9 Å². The lowest BCUT2D eigenvalue weighted by atomic mass is 10.1. The van der Waals surface area contributed by atoms with Crippen molar-refractivity contribution in [2.45, 2.75) is 26.3 Å². The summed E-state index contributed by atoms with van der Waals surface area (Å²) >= 11 is 0. The third-order valence-corrected chi connectivity index (χ3v) is 2.77. The Kier molecular flexibility index (Phi) is 4.22. The smallest absolute Gasteiger partial charge is 0.170 e. The number of methoxy groups -OCH3 is 1. The fourth-order valence-corrected chi connectivity index (χ4v) is 1.76. The van der Waals surface area contributed by atoms with Gasteiger partial charge in [-0.2, -0.15) is 0 Å². The van der Waals surface area contributed by atoms with Crippen molar-refractivity contribution in [3.8, 4) is 5.75 Å². The molecule has 0 atom stereocenters. The number of aryl methyl sites for hydroxylation is 1. The zero-order valence-electron chi connectivity index (χ0n) is 11.0. The van der Waals surface area contributed by atoms with Crippen LogP contribution in [0.2, 0.25) is 0 Å². The SMILES string of the molecule is CCCn1nnnc1CC(=O)c1ccc(OC)cc1. The molecule has 0 radical (unpaired) electrons. The molecular formula is C13H16N4O2. The van der Waals surface area contributed by atoms with Gasteiger partial charge in [0.2, 0.25) is 0 Å². The molecule has 0 aliphatic heterocycles. The zero-order chi connectivity index (χ0) is 13.7. The first-order chi connectivity index (χ1) is 9.24. The highest BCUT2D eigenvalue weighted by atomic mass is 16.5. The summed E-state index contributed by atoms with van der Waals surface area (Å²) in [6.45, 7) is 2.76. The number of Topliss-reactive ketones (excluding diaryl/α,β-unsaturated/α-hetero) is 1. The van der Waals surface area contributed by atoms with E-state index in [1.54, 1.807) is 36.1 Å². The monoisotopic (exact) mass is 260 g/mol. The number of hydrogen-bond donors (Lipinski definition) is 0. The molecular weight excluding hydrogens is 244 g/mol. The Hall–Kier alpha value is -2.24. The number of rotatable bonds is 6. The number of carbonyl (C=O) groups excluding carboxylic acids is 1. The van der Waals surface area contributed by atoms with Crippen LogP contribution in [-0.2, 0) is 13.0 Å². The van der Waals surface area contributed by atoms with Crippen molar-refractivity contribution in [2.75, 3.05) is 7.11 Å². The Morgan fingerprint density at radius 2 is 2.05 bits per heavy atom. The van der Waals surface area contributed by atoms with Crippen LogP contribution in [-0.4, -0.2) is 33.1 Å². The summed E-state index contributed by atoms with van der Waals surface area (Å²) in [6.07, 6.45) is 1.13. The summed E-state index contributed by atoms with van der Waals surface area (Å²) in [6, 6.07) is 7.02. The Bertz CT molecular complexity index is 548. The summed E-state index contributed by atoms with van der Waals surface area (Å²) in [4.78, 5) is 12.1. The third kappa shape index (κ3) is 3.15. The van der Waals surface area contributed by atoms with Gasteiger partial charge in [0.05, 0.1) is 13.5 Å². The molecule has 6 heteroatoms. The number of tetrazole rings is 1. The normalized spacial score (nSPS) is 10.4. The van der Waals surface area contributed by atoms with Gasteiger partial charge in [0, 0.05) is 12.1 Å². The molecule has 1 aromatic heterocycles. The molecule has 0 aliphatic rings. The minimum atomic E-state index is -0.00481. The number of carbonyl (C=O) groups is 1. The van der Waals surface area contributed by atoms with Gasteiger partial charge in [-0.25, -0.2) is 4.68 Å². The Labute approximate surface area is 111 Å². The van der Waals surface area contributed by atoms with Crippen molar-refractivity contribution in [2.24, 2.45) is 0 Å². The molecule has 2 rings (SSSR count). The van der Waals surface area contributed by atoms with Gasteiger partial charge in [-0.05, 0) is 41.1 Å². The van der Waals surface area contributed by atoms with E-state index in [1.165, 1.54) is 0 Å². The lowest BCUT2D eigenvalue weighted by Crippen LogP contribution is -2.11. The molecule has 1 heterocycles. The standard InChI is InChI=1S/C13H16N4O2/c1-3-8-17-13(14-15-16-17)9-12(18)10-4-6-11(19-2)7-5-10/h4-7H,3,8-9H2,1-2H3. The van der Waals surface area contributed by atoms with Crippen LogP contribution in [0.15, 0.2) is 24.3 Å². The van der Waals surface area contributed by atoms with E-state index in [9.17, 15) is 4.79 Å². The molecule has 0 spiro atoms. The first kappa shape index (κ1) is 13.2. The summed E-state index contributed by atoms with van der Waals surface area (Å²) in [5, 5.41) is 11.4. The third-order valence-electron chi connectivity index (χ3n) is 2.77. The van der Waals surface area contributed by atoms with Gasteiger partial charge in [0.15, 0.2) is 11.6 Å². The van der Waals surface area contributed by atoms with Crippen LogP contribution in [0.5, 0.6) is 5.75 Å². The minimum absolute atomic E-state index is 0.00481. The quantitative estimate of drug-likeness (QED) is 0.736. The van der Waals surface area contributed by atoms with Crippen LogP contribution in [0.4, 0.5) is 0 Å². The van der Waals surface area contributed by atoms with E-state index in [1.807, 2.05) is 6.92 Å². The number of benzene rings is 1. The number of nitrogens with zero attached hydrogens (tertiary/aromatic N) is 4. The Balaban J connectivity index is 2.09. The van der Waals surface area contributed by atoms with Gasteiger partial charge in [-0.1, -0.05) is 6.92 Å². The average Bonchev–Trinajstić information content (AvgIpc) is 2.86. The second-order valence-electron chi connectivity index (χ2n) is 4.15. The molecule has 0 unspecified atom stereocenters. The van der Waals surface area contributed by atoms with E-state index in [0.29, 0.717) is 11.4 Å². The number of ketones is 1. The van der Waals surface area contributed by atoms with Gasteiger partial charge in [-0.3, -0.25) is 4.79 Å².